The molecule has 3 aromatic rings. The van der Waals surface area contributed by atoms with Crippen molar-refractivity contribution in [3.63, 3.8) is 0 Å². The van der Waals surface area contributed by atoms with Gasteiger partial charge in [-0.3, -0.25) is 0 Å². The molecule has 32 heavy (non-hydrogen) atoms. The minimum atomic E-state index is -0.562. The molecule has 3 aromatic carbocycles. The van der Waals surface area contributed by atoms with Crippen LogP contribution in [-0.4, -0.2) is 18.0 Å². The van der Waals surface area contributed by atoms with Crippen LogP contribution in [-0.2, 0) is 4.74 Å². The van der Waals surface area contributed by atoms with E-state index in [0.29, 0.717) is 12.2 Å². The van der Waals surface area contributed by atoms with Crippen LogP contribution in [0, 0.1) is 0 Å². The van der Waals surface area contributed by atoms with Crippen molar-refractivity contribution >= 4 is 35.7 Å². The summed E-state index contributed by atoms with van der Waals surface area (Å²) < 4.78 is 12.0. The van der Waals surface area contributed by atoms with E-state index in [1.54, 1.807) is 24.3 Å². The van der Waals surface area contributed by atoms with Gasteiger partial charge in [0, 0.05) is 17.6 Å². The lowest BCUT2D eigenvalue weighted by Gasteiger charge is -2.27. The van der Waals surface area contributed by atoms with Gasteiger partial charge in [-0.05, 0) is 51.9 Å². The third-order valence-electron chi connectivity index (χ3n) is 6.33. The second-order valence-corrected chi connectivity index (χ2v) is 8.20. The van der Waals surface area contributed by atoms with Gasteiger partial charge >= 0.3 is 11.9 Å². The zero-order chi connectivity index (χ0) is 21.7. The Hall–Kier alpha value is -3.92. The van der Waals surface area contributed by atoms with Gasteiger partial charge in [0.05, 0.1) is 11.1 Å². The van der Waals surface area contributed by atoms with Crippen molar-refractivity contribution in [2.24, 2.45) is 0 Å². The van der Waals surface area contributed by atoms with Gasteiger partial charge in [-0.25, -0.2) is 9.59 Å². The van der Waals surface area contributed by atoms with E-state index in [0.717, 1.165) is 44.9 Å². The number of carbonyl (C=O) groups is 2. The van der Waals surface area contributed by atoms with Crippen molar-refractivity contribution < 1.29 is 19.1 Å². The van der Waals surface area contributed by atoms with E-state index in [2.05, 4.69) is 24.3 Å². The first-order valence-corrected chi connectivity index (χ1v) is 10.9. The Bertz CT molecular complexity index is 1540. The Morgan fingerprint density at radius 3 is 2.34 bits per heavy atom. The van der Waals surface area contributed by atoms with E-state index in [1.807, 2.05) is 30.3 Å². The number of rotatable bonds is 0. The second-order valence-electron chi connectivity index (χ2n) is 8.20. The molecule has 0 spiro atoms. The van der Waals surface area contributed by atoms with Gasteiger partial charge in [-0.15, -0.1) is 0 Å². The Morgan fingerprint density at radius 1 is 0.719 bits per heavy atom. The van der Waals surface area contributed by atoms with E-state index >= 15 is 0 Å². The Labute approximate surface area is 184 Å². The normalized spacial score (nSPS) is 18.6. The SMILES string of the molecule is O=C1Oc2ccc3c(c2C2=c4ccccc4=CCC2OC(=O)c2ccccc21)=CCCC=3. The molecule has 3 aliphatic rings. The predicted octanol–water partition coefficient (Wildman–Crippen LogP) is 2.18. The minimum absolute atomic E-state index is 0.209. The molecule has 0 radical (unpaired) electrons. The molecule has 0 saturated heterocycles. The highest BCUT2D eigenvalue weighted by Crippen LogP contribution is 2.30. The maximum absolute atomic E-state index is 13.2. The van der Waals surface area contributed by atoms with Gasteiger partial charge < -0.3 is 9.47 Å². The molecule has 1 heterocycles. The quantitative estimate of drug-likeness (QED) is 0.413. The van der Waals surface area contributed by atoms with Gasteiger partial charge in [0.15, 0.2) is 0 Å². The summed E-state index contributed by atoms with van der Waals surface area (Å²) in [6.45, 7) is 0. The molecule has 4 nitrogen and oxygen atoms in total. The lowest BCUT2D eigenvalue weighted by molar-refractivity contribution is 0.0408. The second kappa shape index (κ2) is 7.34. The van der Waals surface area contributed by atoms with Crippen LogP contribution in [0.15, 0.2) is 60.7 Å². The smallest absolute Gasteiger partial charge is 0.344 e. The van der Waals surface area contributed by atoms with Gasteiger partial charge in [0.2, 0.25) is 0 Å². The molecule has 0 aromatic heterocycles. The fourth-order valence-corrected chi connectivity index (χ4v) is 4.88. The Kier molecular flexibility index (Phi) is 4.32. The van der Waals surface area contributed by atoms with E-state index in [4.69, 9.17) is 9.47 Å². The molecule has 6 rings (SSSR count). The van der Waals surface area contributed by atoms with Crippen LogP contribution in [0.2, 0.25) is 0 Å². The molecular formula is C28H20O4. The van der Waals surface area contributed by atoms with Crippen LogP contribution in [0.3, 0.4) is 0 Å². The van der Waals surface area contributed by atoms with Crippen LogP contribution in [0.5, 0.6) is 5.75 Å². The van der Waals surface area contributed by atoms with Gasteiger partial charge in [0.25, 0.3) is 0 Å². The number of ether oxygens (including phenoxy) is 2. The first kappa shape index (κ1) is 18.8. The molecule has 2 aliphatic carbocycles. The standard InChI is InChI=1S/C28H20O4/c29-27-21-11-5-6-12-22(21)28(30)32-24-16-14-18-8-2-4-10-20(18)26(24)25-19-9-3-1-7-17(19)13-15-23(25)31-27/h1,3,5-14,16,23H,2,4,15H2. The van der Waals surface area contributed by atoms with Gasteiger partial charge in [-0.1, -0.05) is 60.7 Å². The molecule has 1 atom stereocenters. The summed E-state index contributed by atoms with van der Waals surface area (Å²) in [7, 11) is 0. The molecule has 0 N–H and O–H groups in total. The molecule has 1 unspecified atom stereocenters. The van der Waals surface area contributed by atoms with Crippen LogP contribution in [0.1, 0.15) is 45.5 Å². The maximum atomic E-state index is 13.2. The van der Waals surface area contributed by atoms with Crippen molar-refractivity contribution in [3.05, 3.63) is 98.2 Å². The lowest BCUT2D eigenvalue weighted by atomic mass is 9.87. The highest BCUT2D eigenvalue weighted by Gasteiger charge is 2.31. The average Bonchev–Trinajstić information content (AvgIpc) is 2.84. The Balaban J connectivity index is 1.74. The molecule has 156 valence electrons. The Morgan fingerprint density at radius 2 is 1.47 bits per heavy atom. The van der Waals surface area contributed by atoms with E-state index in [1.165, 1.54) is 0 Å². The van der Waals surface area contributed by atoms with Crippen molar-refractivity contribution in [2.75, 3.05) is 0 Å². The zero-order valence-electron chi connectivity index (χ0n) is 17.3. The first-order chi connectivity index (χ1) is 15.7. The number of carbonyl (C=O) groups excluding carboxylic acids is 2. The maximum Gasteiger partial charge on any atom is 0.344 e. The summed E-state index contributed by atoms with van der Waals surface area (Å²) in [6, 6.07) is 18.6. The first-order valence-electron chi connectivity index (χ1n) is 10.9. The van der Waals surface area contributed by atoms with E-state index in [9.17, 15) is 9.59 Å². The van der Waals surface area contributed by atoms with E-state index < -0.39 is 18.0 Å². The summed E-state index contributed by atoms with van der Waals surface area (Å²) in [4.78, 5) is 26.3. The highest BCUT2D eigenvalue weighted by atomic mass is 16.5. The summed E-state index contributed by atoms with van der Waals surface area (Å²) in [5.41, 5.74) is 2.16. The zero-order valence-corrected chi connectivity index (χ0v) is 17.3. The van der Waals surface area contributed by atoms with Crippen molar-refractivity contribution in [3.8, 4) is 5.75 Å². The molecular weight excluding hydrogens is 400 g/mol. The fraction of sp³-hybridized carbons (Fsp3) is 0.143. The van der Waals surface area contributed by atoms with Crippen molar-refractivity contribution in [1.82, 2.24) is 0 Å². The highest BCUT2D eigenvalue weighted by molar-refractivity contribution is 6.04. The predicted molar refractivity (Wildman–Crippen MR) is 122 cm³/mol. The molecule has 0 bridgehead atoms. The van der Waals surface area contributed by atoms with Crippen LogP contribution < -0.4 is 25.6 Å². The third kappa shape index (κ3) is 2.91. The van der Waals surface area contributed by atoms with Crippen molar-refractivity contribution in [1.29, 1.82) is 0 Å². The molecule has 0 amide bonds. The number of fused-ring (bicyclic) bond motifs is 7. The molecule has 4 heteroatoms. The topological polar surface area (TPSA) is 52.6 Å². The summed E-state index contributed by atoms with van der Waals surface area (Å²) in [6.07, 6.45) is 8.44. The van der Waals surface area contributed by atoms with Crippen LogP contribution in [0.4, 0.5) is 0 Å². The van der Waals surface area contributed by atoms with Crippen LogP contribution >= 0.6 is 0 Å². The third-order valence-corrected chi connectivity index (χ3v) is 6.33. The lowest BCUT2D eigenvalue weighted by Crippen LogP contribution is -2.42. The molecule has 0 saturated carbocycles. The number of benzene rings is 3. The van der Waals surface area contributed by atoms with Crippen LogP contribution in [0.25, 0.3) is 23.8 Å². The van der Waals surface area contributed by atoms with Gasteiger partial charge in [0.1, 0.15) is 11.9 Å². The molecule has 1 aliphatic heterocycles. The number of hydrogen-bond donors (Lipinski definition) is 0. The monoisotopic (exact) mass is 420 g/mol. The fourth-order valence-electron chi connectivity index (χ4n) is 4.88. The van der Waals surface area contributed by atoms with Gasteiger partial charge in [-0.2, -0.15) is 0 Å². The molecule has 0 fully saturated rings. The largest absolute Gasteiger partial charge is 0.453 e. The minimum Gasteiger partial charge on any atom is -0.453 e. The number of hydrogen-bond acceptors (Lipinski definition) is 4. The summed E-state index contributed by atoms with van der Waals surface area (Å²) in [5, 5.41) is 4.22. The summed E-state index contributed by atoms with van der Waals surface area (Å²) >= 11 is 0. The van der Waals surface area contributed by atoms with Crippen molar-refractivity contribution in [2.45, 2.75) is 25.4 Å². The van der Waals surface area contributed by atoms with E-state index in [-0.39, 0.29) is 11.1 Å². The average molecular weight is 420 g/mol. The summed E-state index contributed by atoms with van der Waals surface area (Å²) in [5.74, 6) is -0.588. The number of esters is 2.